The van der Waals surface area contributed by atoms with Gasteiger partial charge in [0.25, 0.3) is 0 Å². The maximum atomic E-state index is 14.2. The molecule has 0 fully saturated rings. The molecule has 2 N–H and O–H groups in total. The van der Waals surface area contributed by atoms with Crippen molar-refractivity contribution in [1.29, 1.82) is 0 Å². The molecule has 7 heteroatoms. The van der Waals surface area contributed by atoms with E-state index in [0.717, 1.165) is 0 Å². The molecule has 0 aliphatic carbocycles. The van der Waals surface area contributed by atoms with Crippen LogP contribution in [0.2, 0.25) is 5.02 Å². The van der Waals surface area contributed by atoms with Gasteiger partial charge in [-0.2, -0.15) is 0 Å². The molecule has 0 radical (unpaired) electrons. The first-order chi connectivity index (χ1) is 10.1. The molecular formula is C14H10ClFN2O2S. The van der Waals surface area contributed by atoms with E-state index < -0.39 is 5.82 Å². The van der Waals surface area contributed by atoms with E-state index in [1.165, 1.54) is 23.5 Å². The summed E-state index contributed by atoms with van der Waals surface area (Å²) in [5, 5.41) is 5.81. The van der Waals surface area contributed by atoms with Gasteiger partial charge in [-0.25, -0.2) is 4.39 Å². The Morgan fingerprint density at radius 1 is 1.33 bits per heavy atom. The normalized spacial score (nSPS) is 10.8. The average Bonchev–Trinajstić information content (AvgIpc) is 3.06. The van der Waals surface area contributed by atoms with Crippen molar-refractivity contribution < 1.29 is 13.7 Å². The summed E-state index contributed by atoms with van der Waals surface area (Å²) in [6.45, 7) is 0. The minimum Gasteiger partial charge on any atom is -0.495 e. The van der Waals surface area contributed by atoms with E-state index in [0.29, 0.717) is 22.0 Å². The van der Waals surface area contributed by atoms with Crippen LogP contribution in [0.5, 0.6) is 5.75 Å². The lowest BCUT2D eigenvalue weighted by atomic mass is 10.0. The standard InChI is InChI=1S/C14H10ClFN2O2S/c1-19-9-5-6-21-13(9)12-11(14(17)18-20-12)10-7(15)3-2-4-8(10)16/h2-6H,1H3,(H2,17,18). The van der Waals surface area contributed by atoms with Gasteiger partial charge in [-0.05, 0) is 23.6 Å². The summed E-state index contributed by atoms with van der Waals surface area (Å²) in [7, 11) is 1.54. The topological polar surface area (TPSA) is 61.3 Å². The smallest absolute Gasteiger partial charge is 0.190 e. The number of methoxy groups -OCH3 is 1. The fraction of sp³-hybridized carbons (Fsp3) is 0.0714. The highest BCUT2D eigenvalue weighted by atomic mass is 35.5. The molecule has 108 valence electrons. The minimum absolute atomic E-state index is 0.0763. The summed E-state index contributed by atoms with van der Waals surface area (Å²) >= 11 is 7.49. The maximum absolute atomic E-state index is 14.2. The zero-order chi connectivity index (χ0) is 15.0. The second-order valence-electron chi connectivity index (χ2n) is 4.19. The fourth-order valence-corrected chi connectivity index (χ4v) is 3.16. The van der Waals surface area contributed by atoms with E-state index >= 15 is 0 Å². The Morgan fingerprint density at radius 2 is 2.14 bits per heavy atom. The van der Waals surface area contributed by atoms with E-state index in [-0.39, 0.29) is 16.4 Å². The van der Waals surface area contributed by atoms with Crippen LogP contribution in [0, 0.1) is 5.82 Å². The molecule has 3 rings (SSSR count). The fourth-order valence-electron chi connectivity index (χ4n) is 2.06. The number of ether oxygens (including phenoxy) is 1. The van der Waals surface area contributed by atoms with Gasteiger partial charge in [0.15, 0.2) is 11.6 Å². The Hall–Kier alpha value is -2.05. The molecule has 0 saturated carbocycles. The zero-order valence-electron chi connectivity index (χ0n) is 10.9. The summed E-state index contributed by atoms with van der Waals surface area (Å²) in [4.78, 5) is 0.677. The van der Waals surface area contributed by atoms with Gasteiger partial charge in [0.1, 0.15) is 16.4 Å². The number of hydrogen-bond acceptors (Lipinski definition) is 5. The van der Waals surface area contributed by atoms with Crippen LogP contribution in [0.25, 0.3) is 21.8 Å². The number of nitrogen functional groups attached to an aromatic ring is 1. The Morgan fingerprint density at radius 3 is 2.86 bits per heavy atom. The number of thiophene rings is 1. The van der Waals surface area contributed by atoms with Crippen molar-refractivity contribution in [3.05, 3.63) is 40.5 Å². The highest BCUT2D eigenvalue weighted by molar-refractivity contribution is 7.14. The number of halogens is 2. The molecular weight excluding hydrogens is 315 g/mol. The molecule has 0 spiro atoms. The Bertz CT molecular complexity index is 780. The number of nitrogens with two attached hydrogens (primary N) is 1. The summed E-state index contributed by atoms with van der Waals surface area (Å²) in [5.74, 6) is 0.526. The first kappa shape index (κ1) is 13.9. The van der Waals surface area contributed by atoms with E-state index in [1.54, 1.807) is 19.2 Å². The Labute approximate surface area is 128 Å². The first-order valence-corrected chi connectivity index (χ1v) is 7.20. The number of nitrogens with zero attached hydrogens (tertiary/aromatic N) is 1. The van der Waals surface area contributed by atoms with Crippen molar-refractivity contribution in [1.82, 2.24) is 5.16 Å². The molecule has 2 aromatic heterocycles. The van der Waals surface area contributed by atoms with E-state index in [9.17, 15) is 4.39 Å². The monoisotopic (exact) mass is 324 g/mol. The predicted octanol–water partition coefficient (Wildman–Crippen LogP) is 4.45. The van der Waals surface area contributed by atoms with Gasteiger partial charge in [-0.15, -0.1) is 11.3 Å². The largest absolute Gasteiger partial charge is 0.495 e. The summed E-state index contributed by atoms with van der Waals surface area (Å²) < 4.78 is 24.7. The molecule has 0 unspecified atom stereocenters. The van der Waals surface area contributed by atoms with Crippen molar-refractivity contribution in [2.75, 3.05) is 12.8 Å². The van der Waals surface area contributed by atoms with Gasteiger partial charge >= 0.3 is 0 Å². The van der Waals surface area contributed by atoms with Gasteiger partial charge in [-0.3, -0.25) is 0 Å². The van der Waals surface area contributed by atoms with E-state index in [4.69, 9.17) is 26.6 Å². The number of hydrogen-bond donors (Lipinski definition) is 1. The lowest BCUT2D eigenvalue weighted by Gasteiger charge is -2.06. The molecule has 0 atom stereocenters. The minimum atomic E-state index is -0.492. The quantitative estimate of drug-likeness (QED) is 0.773. The second-order valence-corrected chi connectivity index (χ2v) is 5.51. The van der Waals surface area contributed by atoms with E-state index in [1.807, 2.05) is 5.38 Å². The number of rotatable bonds is 3. The second kappa shape index (κ2) is 5.38. The molecule has 0 aliphatic rings. The van der Waals surface area contributed by atoms with Crippen LogP contribution in [0.3, 0.4) is 0 Å². The third-order valence-electron chi connectivity index (χ3n) is 2.99. The highest BCUT2D eigenvalue weighted by Crippen LogP contribution is 2.45. The number of anilines is 1. The predicted molar refractivity (Wildman–Crippen MR) is 81.2 cm³/mol. The molecule has 4 nitrogen and oxygen atoms in total. The summed E-state index contributed by atoms with van der Waals surface area (Å²) in [6, 6.07) is 6.20. The van der Waals surface area contributed by atoms with Crippen LogP contribution < -0.4 is 10.5 Å². The third kappa shape index (κ3) is 2.26. The van der Waals surface area contributed by atoms with Crippen molar-refractivity contribution in [2.24, 2.45) is 0 Å². The summed E-state index contributed by atoms with van der Waals surface area (Å²) in [5.41, 5.74) is 6.34. The van der Waals surface area contributed by atoms with Crippen molar-refractivity contribution >= 4 is 28.8 Å². The van der Waals surface area contributed by atoms with E-state index in [2.05, 4.69) is 5.16 Å². The molecule has 0 aliphatic heterocycles. The van der Waals surface area contributed by atoms with Crippen molar-refractivity contribution in [3.8, 4) is 27.5 Å². The number of benzene rings is 1. The van der Waals surface area contributed by atoms with Gasteiger partial charge in [0.2, 0.25) is 0 Å². The van der Waals surface area contributed by atoms with Crippen molar-refractivity contribution in [2.45, 2.75) is 0 Å². The van der Waals surface area contributed by atoms with Crippen LogP contribution in [-0.4, -0.2) is 12.3 Å². The molecule has 0 bridgehead atoms. The van der Waals surface area contributed by atoms with Crippen LogP contribution in [-0.2, 0) is 0 Å². The molecule has 1 aromatic carbocycles. The lowest BCUT2D eigenvalue weighted by molar-refractivity contribution is 0.409. The third-order valence-corrected chi connectivity index (χ3v) is 4.20. The SMILES string of the molecule is COc1ccsc1-c1onc(N)c1-c1c(F)cccc1Cl. The van der Waals surface area contributed by atoms with Crippen LogP contribution >= 0.6 is 22.9 Å². The van der Waals surface area contributed by atoms with Gasteiger partial charge in [0, 0.05) is 5.56 Å². The van der Waals surface area contributed by atoms with Crippen LogP contribution in [0.4, 0.5) is 10.2 Å². The zero-order valence-corrected chi connectivity index (χ0v) is 12.5. The first-order valence-electron chi connectivity index (χ1n) is 5.95. The van der Waals surface area contributed by atoms with Gasteiger partial charge < -0.3 is 15.0 Å². The molecule has 0 amide bonds. The lowest BCUT2D eigenvalue weighted by Crippen LogP contribution is -1.92. The summed E-state index contributed by atoms with van der Waals surface area (Å²) in [6.07, 6.45) is 0. The maximum Gasteiger partial charge on any atom is 0.190 e. The van der Waals surface area contributed by atoms with Crippen LogP contribution in [0.15, 0.2) is 34.2 Å². The molecule has 0 saturated heterocycles. The Kier molecular flexibility index (Phi) is 3.57. The van der Waals surface area contributed by atoms with Gasteiger partial charge in [-0.1, -0.05) is 22.8 Å². The molecule has 2 heterocycles. The van der Waals surface area contributed by atoms with Crippen LogP contribution in [0.1, 0.15) is 0 Å². The molecule has 3 aromatic rings. The van der Waals surface area contributed by atoms with Crippen molar-refractivity contribution in [3.63, 3.8) is 0 Å². The molecule has 21 heavy (non-hydrogen) atoms. The average molecular weight is 325 g/mol. The Balaban J connectivity index is 2.28. The highest BCUT2D eigenvalue weighted by Gasteiger charge is 2.25. The van der Waals surface area contributed by atoms with Gasteiger partial charge in [0.05, 0.1) is 17.7 Å². The number of aromatic nitrogens is 1.